The average Bonchev–Trinajstić information content (AvgIpc) is 2.54. The molecule has 20 heavy (non-hydrogen) atoms. The summed E-state index contributed by atoms with van der Waals surface area (Å²) in [7, 11) is 1.58. The van der Waals surface area contributed by atoms with Crippen LogP contribution in [-0.2, 0) is 6.42 Å². The molecule has 3 aromatic rings. The number of hydrogen-bond donors (Lipinski definition) is 0. The zero-order valence-electron chi connectivity index (χ0n) is 11.2. The molecule has 0 N–H and O–H groups in total. The highest BCUT2D eigenvalue weighted by Gasteiger charge is 2.09. The first-order valence-electron chi connectivity index (χ1n) is 6.30. The zero-order valence-corrected chi connectivity index (χ0v) is 11.2. The lowest BCUT2D eigenvalue weighted by molar-refractivity contribution is 0.399. The SMILES string of the molecule is CCc1ncc(-c2ccnc3ccc(OC)nc23)nn1. The predicted molar refractivity (Wildman–Crippen MR) is 74.3 cm³/mol. The van der Waals surface area contributed by atoms with Crippen LogP contribution in [-0.4, -0.2) is 32.3 Å². The number of methoxy groups -OCH3 is 1. The highest BCUT2D eigenvalue weighted by Crippen LogP contribution is 2.25. The number of rotatable bonds is 3. The molecule has 0 fully saturated rings. The van der Waals surface area contributed by atoms with Crippen LogP contribution in [0.5, 0.6) is 5.88 Å². The van der Waals surface area contributed by atoms with Crippen LogP contribution in [0.3, 0.4) is 0 Å². The van der Waals surface area contributed by atoms with Crippen molar-refractivity contribution in [3.63, 3.8) is 0 Å². The minimum Gasteiger partial charge on any atom is -0.481 e. The molecular weight excluding hydrogens is 254 g/mol. The van der Waals surface area contributed by atoms with Crippen LogP contribution < -0.4 is 4.74 Å². The van der Waals surface area contributed by atoms with E-state index in [2.05, 4.69) is 25.1 Å². The molecule has 0 aromatic carbocycles. The second-order valence-corrected chi connectivity index (χ2v) is 4.19. The van der Waals surface area contributed by atoms with Gasteiger partial charge in [-0.15, -0.1) is 10.2 Å². The fraction of sp³-hybridized carbons (Fsp3) is 0.214. The molecule has 0 aliphatic rings. The number of pyridine rings is 2. The van der Waals surface area contributed by atoms with Gasteiger partial charge in [-0.05, 0) is 12.1 Å². The van der Waals surface area contributed by atoms with Gasteiger partial charge in [0.15, 0.2) is 5.82 Å². The summed E-state index contributed by atoms with van der Waals surface area (Å²) < 4.78 is 5.16. The Morgan fingerprint density at radius 3 is 2.70 bits per heavy atom. The Morgan fingerprint density at radius 2 is 2.00 bits per heavy atom. The van der Waals surface area contributed by atoms with E-state index < -0.39 is 0 Å². The van der Waals surface area contributed by atoms with Crippen LogP contribution in [0.1, 0.15) is 12.7 Å². The second-order valence-electron chi connectivity index (χ2n) is 4.19. The summed E-state index contributed by atoms with van der Waals surface area (Å²) in [5.74, 6) is 1.26. The van der Waals surface area contributed by atoms with Crippen molar-refractivity contribution < 1.29 is 4.74 Å². The smallest absolute Gasteiger partial charge is 0.213 e. The summed E-state index contributed by atoms with van der Waals surface area (Å²) >= 11 is 0. The maximum Gasteiger partial charge on any atom is 0.213 e. The van der Waals surface area contributed by atoms with Crippen molar-refractivity contribution in [3.05, 3.63) is 36.4 Å². The van der Waals surface area contributed by atoms with E-state index in [1.54, 1.807) is 25.6 Å². The van der Waals surface area contributed by atoms with Crippen LogP contribution in [0.15, 0.2) is 30.6 Å². The molecule has 0 aliphatic carbocycles. The van der Waals surface area contributed by atoms with Gasteiger partial charge in [0.1, 0.15) is 11.2 Å². The second kappa shape index (κ2) is 5.16. The van der Waals surface area contributed by atoms with Crippen molar-refractivity contribution in [1.82, 2.24) is 25.1 Å². The van der Waals surface area contributed by atoms with Crippen LogP contribution >= 0.6 is 0 Å². The van der Waals surface area contributed by atoms with Gasteiger partial charge in [0.05, 0.1) is 18.8 Å². The molecule has 0 spiro atoms. The van der Waals surface area contributed by atoms with Crippen molar-refractivity contribution >= 4 is 11.0 Å². The number of hydrogen-bond acceptors (Lipinski definition) is 6. The van der Waals surface area contributed by atoms with E-state index >= 15 is 0 Å². The summed E-state index contributed by atoms with van der Waals surface area (Å²) in [5, 5.41) is 8.29. The minimum atomic E-state index is 0.540. The highest BCUT2D eigenvalue weighted by molar-refractivity contribution is 5.89. The third kappa shape index (κ3) is 2.16. The zero-order chi connectivity index (χ0) is 13.9. The minimum absolute atomic E-state index is 0.540. The van der Waals surface area contributed by atoms with Crippen molar-refractivity contribution in [2.45, 2.75) is 13.3 Å². The van der Waals surface area contributed by atoms with Gasteiger partial charge in [-0.25, -0.2) is 9.97 Å². The van der Waals surface area contributed by atoms with E-state index in [0.29, 0.717) is 11.6 Å². The van der Waals surface area contributed by atoms with Crippen LogP contribution in [0.4, 0.5) is 0 Å². The molecule has 0 aliphatic heterocycles. The lowest BCUT2D eigenvalue weighted by atomic mass is 10.1. The fourth-order valence-electron chi connectivity index (χ4n) is 1.91. The molecule has 0 atom stereocenters. The van der Waals surface area contributed by atoms with Gasteiger partial charge in [-0.2, -0.15) is 0 Å². The van der Waals surface area contributed by atoms with Gasteiger partial charge >= 0.3 is 0 Å². The van der Waals surface area contributed by atoms with E-state index in [-0.39, 0.29) is 0 Å². The van der Waals surface area contributed by atoms with E-state index in [1.165, 1.54) is 0 Å². The molecule has 6 nitrogen and oxygen atoms in total. The van der Waals surface area contributed by atoms with Crippen LogP contribution in [0, 0.1) is 0 Å². The third-order valence-electron chi connectivity index (χ3n) is 2.97. The molecule has 0 amide bonds. The molecule has 6 heteroatoms. The molecule has 0 saturated carbocycles. The first-order valence-corrected chi connectivity index (χ1v) is 6.30. The van der Waals surface area contributed by atoms with Gasteiger partial charge in [0.2, 0.25) is 5.88 Å². The Bertz CT molecular complexity index is 742. The summed E-state index contributed by atoms with van der Waals surface area (Å²) in [4.78, 5) is 13.0. The first-order chi connectivity index (χ1) is 9.81. The van der Waals surface area contributed by atoms with Gasteiger partial charge < -0.3 is 4.74 Å². The molecule has 0 saturated heterocycles. The lowest BCUT2D eigenvalue weighted by Gasteiger charge is -2.06. The topological polar surface area (TPSA) is 73.7 Å². The van der Waals surface area contributed by atoms with Gasteiger partial charge in [0, 0.05) is 24.2 Å². The van der Waals surface area contributed by atoms with Crippen molar-refractivity contribution in [2.24, 2.45) is 0 Å². The number of aromatic nitrogens is 5. The van der Waals surface area contributed by atoms with Gasteiger partial charge in [-0.3, -0.25) is 4.98 Å². The Labute approximate surface area is 115 Å². The van der Waals surface area contributed by atoms with Crippen molar-refractivity contribution in [3.8, 4) is 17.1 Å². The van der Waals surface area contributed by atoms with E-state index in [4.69, 9.17) is 4.74 Å². The first kappa shape index (κ1) is 12.4. The predicted octanol–water partition coefficient (Wildman–Crippen LogP) is 2.05. The normalized spacial score (nSPS) is 10.7. The Morgan fingerprint density at radius 1 is 1.10 bits per heavy atom. The summed E-state index contributed by atoms with van der Waals surface area (Å²) in [6.45, 7) is 1.99. The van der Waals surface area contributed by atoms with E-state index in [1.807, 2.05) is 19.1 Å². The van der Waals surface area contributed by atoms with Crippen molar-refractivity contribution in [1.29, 1.82) is 0 Å². The van der Waals surface area contributed by atoms with E-state index in [9.17, 15) is 0 Å². The standard InChI is InChI=1S/C14H13N5O/c1-3-12-16-8-11(18-19-12)9-6-7-15-10-4-5-13(20-2)17-14(9)10/h4-8H,3H2,1-2H3. The van der Waals surface area contributed by atoms with E-state index in [0.717, 1.165) is 28.8 Å². The molecule has 3 aromatic heterocycles. The number of fused-ring (bicyclic) bond motifs is 1. The Kier molecular flexibility index (Phi) is 3.20. The third-order valence-corrected chi connectivity index (χ3v) is 2.97. The summed E-state index contributed by atoms with van der Waals surface area (Å²) in [6, 6.07) is 5.50. The Hall–Kier alpha value is -2.63. The monoisotopic (exact) mass is 267 g/mol. The molecule has 100 valence electrons. The highest BCUT2D eigenvalue weighted by atomic mass is 16.5. The maximum absolute atomic E-state index is 5.16. The van der Waals surface area contributed by atoms with Gasteiger partial charge in [0.25, 0.3) is 0 Å². The van der Waals surface area contributed by atoms with Crippen LogP contribution in [0.25, 0.3) is 22.3 Å². The quantitative estimate of drug-likeness (QED) is 0.723. The van der Waals surface area contributed by atoms with Gasteiger partial charge in [-0.1, -0.05) is 6.92 Å². The molecule has 0 radical (unpaired) electrons. The molecule has 0 bridgehead atoms. The maximum atomic E-state index is 5.16. The molecule has 3 rings (SSSR count). The average molecular weight is 267 g/mol. The summed E-state index contributed by atoms with van der Waals surface area (Å²) in [6.07, 6.45) is 4.19. The lowest BCUT2D eigenvalue weighted by Crippen LogP contribution is -1.98. The van der Waals surface area contributed by atoms with Crippen molar-refractivity contribution in [2.75, 3.05) is 7.11 Å². The summed E-state index contributed by atoms with van der Waals surface area (Å²) in [5.41, 5.74) is 3.03. The number of aryl methyl sites for hydroxylation is 1. The molecule has 0 unspecified atom stereocenters. The molecular formula is C14H13N5O. The molecule has 3 heterocycles. The number of nitrogens with zero attached hydrogens (tertiary/aromatic N) is 5. The largest absolute Gasteiger partial charge is 0.481 e. The number of ether oxygens (including phenoxy) is 1. The Balaban J connectivity index is 2.18. The van der Waals surface area contributed by atoms with Crippen LogP contribution in [0.2, 0.25) is 0 Å². The fourth-order valence-corrected chi connectivity index (χ4v) is 1.91.